The molecule has 0 saturated carbocycles. The van der Waals surface area contributed by atoms with Crippen molar-refractivity contribution in [1.82, 2.24) is 14.5 Å². The molecule has 4 aromatic rings. The number of hydrogen-bond donors (Lipinski definition) is 1. The van der Waals surface area contributed by atoms with Crippen molar-refractivity contribution in [3.63, 3.8) is 0 Å². The number of aromatic nitrogens is 3. The van der Waals surface area contributed by atoms with E-state index in [1.807, 2.05) is 65.5 Å². The molecule has 0 radical (unpaired) electrons. The smallest absolute Gasteiger partial charge is 0.248 e. The number of carbonyl (C=O) groups excluding carboxylic acids is 1. The lowest BCUT2D eigenvalue weighted by Crippen LogP contribution is -2.34. The zero-order valence-corrected chi connectivity index (χ0v) is 17.7. The Balaban J connectivity index is 0.00000259. The second kappa shape index (κ2) is 8.97. The highest BCUT2D eigenvalue weighted by atomic mass is 16.1. The van der Waals surface area contributed by atoms with Gasteiger partial charge in [-0.05, 0) is 29.8 Å². The average molecular weight is 438 g/mol. The van der Waals surface area contributed by atoms with Gasteiger partial charge in [-0.2, -0.15) is 0 Å². The quantitative estimate of drug-likeness (QED) is 0.497. The third-order valence-electron chi connectivity index (χ3n) is 5.41. The Hall–Kier alpha value is -4.43. The Kier molecular flexibility index (Phi) is 5.93. The fourth-order valence-corrected chi connectivity index (χ4v) is 3.82. The summed E-state index contributed by atoms with van der Waals surface area (Å²) < 4.78 is 2.02. The molecule has 1 aliphatic rings. The van der Waals surface area contributed by atoms with Crippen molar-refractivity contribution >= 4 is 18.5 Å². The molecule has 4 N–H and O–H groups in total. The zero-order chi connectivity index (χ0) is 22.0. The minimum absolute atomic E-state index is 0. The molecule has 1 atom stereocenters. The van der Waals surface area contributed by atoms with Crippen LogP contribution in [0.2, 0.25) is 0 Å². The molecule has 1 amide bonds. The lowest BCUT2D eigenvalue weighted by molar-refractivity contribution is 0.100. The third-order valence-corrected chi connectivity index (χ3v) is 5.41. The molecule has 5 rings (SSSR count). The molecule has 1 unspecified atom stereocenters. The number of imidazole rings is 1. The molecule has 2 aromatic carbocycles. The Morgan fingerprint density at radius 2 is 1.70 bits per heavy atom. The average Bonchev–Trinajstić information content (AvgIpc) is 3.49. The van der Waals surface area contributed by atoms with Gasteiger partial charge in [-0.15, -0.1) is 0 Å². The van der Waals surface area contributed by atoms with Gasteiger partial charge in [0, 0.05) is 29.9 Å². The Morgan fingerprint density at radius 3 is 2.33 bits per heavy atom. The lowest BCUT2D eigenvalue weighted by Gasteiger charge is -2.27. The van der Waals surface area contributed by atoms with Crippen LogP contribution in [0.4, 0.5) is 0 Å². The van der Waals surface area contributed by atoms with E-state index in [-0.39, 0.29) is 5.48 Å². The van der Waals surface area contributed by atoms with Gasteiger partial charge in [0.1, 0.15) is 17.9 Å². The van der Waals surface area contributed by atoms with Crippen molar-refractivity contribution < 1.29 is 10.3 Å². The van der Waals surface area contributed by atoms with E-state index in [1.165, 1.54) is 0 Å². The van der Waals surface area contributed by atoms with Crippen LogP contribution in [0.1, 0.15) is 15.9 Å². The molecule has 8 nitrogen and oxygen atoms in total. The van der Waals surface area contributed by atoms with Gasteiger partial charge in [-0.1, -0.05) is 48.5 Å². The maximum Gasteiger partial charge on any atom is 0.248 e. The van der Waals surface area contributed by atoms with E-state index in [0.29, 0.717) is 17.8 Å². The van der Waals surface area contributed by atoms with E-state index in [1.54, 1.807) is 24.7 Å². The summed E-state index contributed by atoms with van der Waals surface area (Å²) in [5.41, 5.74) is 8.53. The normalized spacial score (nSPS) is 16.5. The topological polar surface area (TPSA) is 130 Å². The van der Waals surface area contributed by atoms with Gasteiger partial charge < -0.3 is 11.2 Å². The fourth-order valence-electron chi connectivity index (χ4n) is 3.82. The van der Waals surface area contributed by atoms with E-state index in [2.05, 4.69) is 22.1 Å². The van der Waals surface area contributed by atoms with E-state index >= 15 is 0 Å². The van der Waals surface area contributed by atoms with Crippen LogP contribution in [0.3, 0.4) is 0 Å². The van der Waals surface area contributed by atoms with Crippen molar-refractivity contribution in [2.75, 3.05) is 0 Å². The van der Waals surface area contributed by atoms with Crippen LogP contribution in [0.25, 0.3) is 22.8 Å². The van der Waals surface area contributed by atoms with Crippen molar-refractivity contribution in [1.29, 1.82) is 0 Å². The van der Waals surface area contributed by atoms with Crippen LogP contribution in [-0.4, -0.2) is 38.5 Å². The number of nitrogens with two attached hydrogens (primary N) is 1. The summed E-state index contributed by atoms with van der Waals surface area (Å²) in [6, 6.07) is 23.0. The van der Waals surface area contributed by atoms with Crippen LogP contribution in [0.15, 0.2) is 95.2 Å². The highest BCUT2D eigenvalue weighted by Gasteiger charge is 2.35. The van der Waals surface area contributed by atoms with E-state index < -0.39 is 11.6 Å². The SMILES string of the molecule is NC(=O)c1ccc(-c2nc(-c3ccccn3)cn2C2(Cc3ccccc3)C=NC=N2)cc1.O. The molecule has 0 fully saturated rings. The Labute approximate surface area is 190 Å². The number of nitrogens with zero attached hydrogens (tertiary/aromatic N) is 5. The van der Waals surface area contributed by atoms with Crippen LogP contribution in [-0.2, 0) is 12.1 Å². The number of amides is 1. The number of hydrogen-bond acceptors (Lipinski definition) is 5. The highest BCUT2D eigenvalue weighted by molar-refractivity contribution is 5.93. The fraction of sp³-hybridized carbons (Fsp3) is 0.0800. The van der Waals surface area contributed by atoms with Crippen LogP contribution in [0, 0.1) is 0 Å². The summed E-state index contributed by atoms with van der Waals surface area (Å²) in [6.45, 7) is 0. The van der Waals surface area contributed by atoms with Gasteiger partial charge >= 0.3 is 0 Å². The van der Waals surface area contributed by atoms with Crippen LogP contribution < -0.4 is 5.73 Å². The zero-order valence-electron chi connectivity index (χ0n) is 17.7. The molecular weight excluding hydrogens is 416 g/mol. The first-order valence-electron chi connectivity index (χ1n) is 10.2. The number of carbonyl (C=O) groups is 1. The molecule has 0 saturated heterocycles. The van der Waals surface area contributed by atoms with E-state index in [0.717, 1.165) is 22.5 Å². The first kappa shape index (κ1) is 21.8. The maximum absolute atomic E-state index is 11.5. The van der Waals surface area contributed by atoms with E-state index in [9.17, 15) is 4.79 Å². The largest absolute Gasteiger partial charge is 0.412 e. The minimum Gasteiger partial charge on any atom is -0.412 e. The first-order valence-corrected chi connectivity index (χ1v) is 10.2. The molecule has 33 heavy (non-hydrogen) atoms. The van der Waals surface area contributed by atoms with Gasteiger partial charge in [0.15, 0.2) is 5.66 Å². The number of rotatable bonds is 6. The second-order valence-electron chi connectivity index (χ2n) is 7.54. The lowest BCUT2D eigenvalue weighted by atomic mass is 10.00. The number of primary amides is 1. The Bertz CT molecular complexity index is 1300. The summed E-state index contributed by atoms with van der Waals surface area (Å²) in [5, 5.41) is 0. The number of benzene rings is 2. The molecule has 2 aromatic heterocycles. The number of aliphatic imine (C=N–C) groups is 2. The van der Waals surface area contributed by atoms with Crippen molar-refractivity contribution in [2.45, 2.75) is 12.1 Å². The van der Waals surface area contributed by atoms with Crippen molar-refractivity contribution in [2.24, 2.45) is 15.7 Å². The number of pyridine rings is 1. The summed E-state index contributed by atoms with van der Waals surface area (Å²) >= 11 is 0. The molecule has 0 spiro atoms. The monoisotopic (exact) mass is 438 g/mol. The molecular formula is C25H22N6O2. The summed E-state index contributed by atoms with van der Waals surface area (Å²) in [4.78, 5) is 30.0. The van der Waals surface area contributed by atoms with Crippen molar-refractivity contribution in [3.05, 3.63) is 96.3 Å². The maximum atomic E-state index is 11.5. The summed E-state index contributed by atoms with van der Waals surface area (Å²) in [5.74, 6) is 0.227. The highest BCUT2D eigenvalue weighted by Crippen LogP contribution is 2.33. The van der Waals surface area contributed by atoms with Crippen LogP contribution >= 0.6 is 0 Å². The molecule has 1 aliphatic heterocycles. The van der Waals surface area contributed by atoms with Gasteiger partial charge in [0.05, 0.1) is 11.9 Å². The van der Waals surface area contributed by atoms with Gasteiger partial charge in [0.25, 0.3) is 0 Å². The molecule has 0 bridgehead atoms. The molecule has 8 heteroatoms. The second-order valence-corrected chi connectivity index (χ2v) is 7.54. The minimum atomic E-state index is -0.765. The third kappa shape index (κ3) is 4.19. The first-order chi connectivity index (χ1) is 15.6. The van der Waals surface area contributed by atoms with Gasteiger partial charge in [-0.3, -0.25) is 14.3 Å². The summed E-state index contributed by atoms with van der Waals surface area (Å²) in [6.07, 6.45) is 7.72. The molecule has 0 aliphatic carbocycles. The summed E-state index contributed by atoms with van der Waals surface area (Å²) in [7, 11) is 0. The Morgan fingerprint density at radius 1 is 0.939 bits per heavy atom. The van der Waals surface area contributed by atoms with Gasteiger partial charge in [-0.25, -0.2) is 15.0 Å². The molecule has 164 valence electrons. The standard InChI is InChI=1S/C25H20N6O.H2O/c26-23(32)19-9-11-20(12-10-19)24-30-22(21-8-4-5-13-28-21)15-31(24)25(16-27-17-29-25)14-18-6-2-1-3-7-18;/h1-13,15-17H,14H2,(H2,26,32);1H2. The predicted molar refractivity (Wildman–Crippen MR) is 128 cm³/mol. The van der Waals surface area contributed by atoms with Crippen molar-refractivity contribution in [3.8, 4) is 22.8 Å². The molecule has 3 heterocycles. The predicted octanol–water partition coefficient (Wildman–Crippen LogP) is 2.89. The van der Waals surface area contributed by atoms with Crippen LogP contribution in [0.5, 0.6) is 0 Å². The van der Waals surface area contributed by atoms with Gasteiger partial charge in [0.2, 0.25) is 5.91 Å². The van der Waals surface area contributed by atoms with E-state index in [4.69, 9.17) is 15.7 Å².